The number of hydrogen-bond acceptors (Lipinski definition) is 4. The third kappa shape index (κ3) is 4.57. The summed E-state index contributed by atoms with van der Waals surface area (Å²) in [4.78, 5) is 32.4. The standard InChI is InChI=1S/C19H20Cl3N3O3/c1-10-23-16(22)11(6-5-9-26)17(24-10)25(18(27)28)13-8-7-12(20)14(15(13)21)19(2,3)4/h7-9H,5-6H2,1-4H3,(H,27,28). The third-order valence-electron chi connectivity index (χ3n) is 4.02. The Morgan fingerprint density at radius 1 is 1.21 bits per heavy atom. The van der Waals surface area contributed by atoms with Crippen molar-refractivity contribution in [2.24, 2.45) is 0 Å². The van der Waals surface area contributed by atoms with Gasteiger partial charge in [0.15, 0.2) is 5.82 Å². The van der Waals surface area contributed by atoms with Gasteiger partial charge in [0.2, 0.25) is 0 Å². The second-order valence-electron chi connectivity index (χ2n) is 7.19. The van der Waals surface area contributed by atoms with Gasteiger partial charge in [-0.05, 0) is 36.5 Å². The number of carboxylic acid groups (broad SMARTS) is 1. The average Bonchev–Trinajstić information content (AvgIpc) is 2.54. The van der Waals surface area contributed by atoms with E-state index in [0.29, 0.717) is 22.0 Å². The number of nitrogens with zero attached hydrogens (tertiary/aromatic N) is 3. The van der Waals surface area contributed by atoms with Gasteiger partial charge in [-0.2, -0.15) is 0 Å². The predicted molar refractivity (Wildman–Crippen MR) is 111 cm³/mol. The summed E-state index contributed by atoms with van der Waals surface area (Å²) in [5.41, 5.74) is 0.745. The van der Waals surface area contributed by atoms with Crippen LogP contribution in [0.5, 0.6) is 0 Å². The van der Waals surface area contributed by atoms with Crippen molar-refractivity contribution in [3.63, 3.8) is 0 Å². The van der Waals surface area contributed by atoms with E-state index in [9.17, 15) is 14.7 Å². The summed E-state index contributed by atoms with van der Waals surface area (Å²) in [5.74, 6) is 0.359. The van der Waals surface area contributed by atoms with Gasteiger partial charge in [0.25, 0.3) is 0 Å². The Labute approximate surface area is 178 Å². The molecule has 1 amide bonds. The predicted octanol–water partition coefficient (Wildman–Crippen LogP) is 5.99. The van der Waals surface area contributed by atoms with Crippen molar-refractivity contribution in [2.75, 3.05) is 4.90 Å². The molecule has 1 aromatic heterocycles. The molecule has 0 saturated heterocycles. The summed E-state index contributed by atoms with van der Waals surface area (Å²) < 4.78 is 0. The Balaban J connectivity index is 2.79. The van der Waals surface area contributed by atoms with Crippen LogP contribution in [0.4, 0.5) is 16.3 Å². The lowest BCUT2D eigenvalue weighted by molar-refractivity contribution is -0.107. The zero-order chi connectivity index (χ0) is 21.2. The Hall–Kier alpha value is -1.89. The lowest BCUT2D eigenvalue weighted by Crippen LogP contribution is -2.28. The van der Waals surface area contributed by atoms with Crippen LogP contribution in [-0.2, 0) is 16.6 Å². The highest BCUT2D eigenvalue weighted by molar-refractivity contribution is 6.38. The van der Waals surface area contributed by atoms with Gasteiger partial charge in [0.1, 0.15) is 17.3 Å². The van der Waals surface area contributed by atoms with Crippen molar-refractivity contribution >= 4 is 58.7 Å². The Kier molecular flexibility index (Phi) is 6.91. The van der Waals surface area contributed by atoms with E-state index < -0.39 is 11.5 Å². The highest BCUT2D eigenvalue weighted by Gasteiger charge is 2.30. The number of benzene rings is 1. The molecule has 0 saturated carbocycles. The van der Waals surface area contributed by atoms with Crippen LogP contribution < -0.4 is 4.90 Å². The number of hydrogen-bond donors (Lipinski definition) is 1. The molecule has 0 radical (unpaired) electrons. The van der Waals surface area contributed by atoms with Crippen LogP contribution in [0, 0.1) is 6.92 Å². The quantitative estimate of drug-likeness (QED) is 0.452. The van der Waals surface area contributed by atoms with E-state index in [-0.39, 0.29) is 34.5 Å². The summed E-state index contributed by atoms with van der Waals surface area (Å²) in [7, 11) is 0. The molecular formula is C19H20Cl3N3O3. The van der Waals surface area contributed by atoms with Crippen molar-refractivity contribution in [3.05, 3.63) is 44.3 Å². The monoisotopic (exact) mass is 443 g/mol. The zero-order valence-corrected chi connectivity index (χ0v) is 18.2. The minimum atomic E-state index is -1.30. The van der Waals surface area contributed by atoms with Crippen LogP contribution in [0.25, 0.3) is 0 Å². The highest BCUT2D eigenvalue weighted by atomic mass is 35.5. The molecule has 1 aromatic carbocycles. The normalized spacial score (nSPS) is 11.4. The SMILES string of the molecule is Cc1nc(Cl)c(CCC=O)c(N(C(=O)O)c2ccc(Cl)c(C(C)(C)C)c2Cl)n1. The Bertz CT molecular complexity index is 927. The first kappa shape index (κ1) is 22.4. The summed E-state index contributed by atoms with van der Waals surface area (Å²) >= 11 is 19.2. The molecule has 0 spiro atoms. The number of carbonyl (C=O) groups is 2. The van der Waals surface area contributed by atoms with Crippen molar-refractivity contribution in [3.8, 4) is 0 Å². The molecule has 9 heteroatoms. The number of halogens is 3. The molecule has 0 aliphatic carbocycles. The first-order chi connectivity index (χ1) is 13.0. The van der Waals surface area contributed by atoms with E-state index in [1.54, 1.807) is 13.0 Å². The van der Waals surface area contributed by atoms with Gasteiger partial charge in [0, 0.05) is 17.0 Å². The molecular weight excluding hydrogens is 425 g/mol. The fourth-order valence-electron chi connectivity index (χ4n) is 2.86. The maximum atomic E-state index is 12.2. The van der Waals surface area contributed by atoms with E-state index >= 15 is 0 Å². The van der Waals surface area contributed by atoms with Crippen molar-refractivity contribution in [1.82, 2.24) is 9.97 Å². The van der Waals surface area contributed by atoms with Gasteiger partial charge >= 0.3 is 6.09 Å². The van der Waals surface area contributed by atoms with Gasteiger partial charge in [0.05, 0.1) is 10.7 Å². The van der Waals surface area contributed by atoms with E-state index in [0.717, 1.165) is 11.2 Å². The van der Waals surface area contributed by atoms with Crippen LogP contribution in [-0.4, -0.2) is 27.5 Å². The van der Waals surface area contributed by atoms with Gasteiger partial charge < -0.3 is 9.90 Å². The van der Waals surface area contributed by atoms with Crippen molar-refractivity contribution in [1.29, 1.82) is 0 Å². The van der Waals surface area contributed by atoms with Crippen molar-refractivity contribution < 1.29 is 14.7 Å². The number of rotatable bonds is 5. The van der Waals surface area contributed by atoms with Crippen LogP contribution in [0.2, 0.25) is 15.2 Å². The lowest BCUT2D eigenvalue weighted by Gasteiger charge is -2.28. The smallest absolute Gasteiger partial charge is 0.417 e. The molecule has 0 atom stereocenters. The summed E-state index contributed by atoms with van der Waals surface area (Å²) in [6.07, 6.45) is -0.240. The number of anilines is 2. The van der Waals surface area contributed by atoms with Gasteiger partial charge in [-0.25, -0.2) is 19.7 Å². The fourth-order valence-corrected chi connectivity index (χ4v) is 4.18. The van der Waals surface area contributed by atoms with E-state index in [1.165, 1.54) is 6.07 Å². The minimum Gasteiger partial charge on any atom is -0.464 e. The first-order valence-corrected chi connectivity index (χ1v) is 9.60. The third-order valence-corrected chi connectivity index (χ3v) is 5.03. The molecule has 150 valence electrons. The minimum absolute atomic E-state index is 0.0657. The number of aryl methyl sites for hydroxylation is 1. The molecule has 2 rings (SSSR count). The number of aldehydes is 1. The van der Waals surface area contributed by atoms with Crippen LogP contribution >= 0.6 is 34.8 Å². The maximum absolute atomic E-state index is 12.2. The second-order valence-corrected chi connectivity index (χ2v) is 8.34. The van der Waals surface area contributed by atoms with Crippen LogP contribution in [0.3, 0.4) is 0 Å². The first-order valence-electron chi connectivity index (χ1n) is 8.47. The molecule has 0 unspecified atom stereocenters. The summed E-state index contributed by atoms with van der Waals surface area (Å²) in [5, 5.41) is 10.7. The van der Waals surface area contributed by atoms with Gasteiger partial charge in [-0.3, -0.25) is 0 Å². The highest BCUT2D eigenvalue weighted by Crippen LogP contribution is 2.43. The fraction of sp³-hybridized carbons (Fsp3) is 0.368. The van der Waals surface area contributed by atoms with Gasteiger partial charge in [-0.15, -0.1) is 0 Å². The van der Waals surface area contributed by atoms with Gasteiger partial charge in [-0.1, -0.05) is 55.6 Å². The van der Waals surface area contributed by atoms with Crippen LogP contribution in [0.1, 0.15) is 44.1 Å². The molecule has 0 bridgehead atoms. The zero-order valence-electron chi connectivity index (χ0n) is 15.9. The number of aromatic nitrogens is 2. The van der Waals surface area contributed by atoms with E-state index in [4.69, 9.17) is 34.8 Å². The maximum Gasteiger partial charge on any atom is 0.417 e. The second kappa shape index (κ2) is 8.64. The Morgan fingerprint density at radius 2 is 1.86 bits per heavy atom. The largest absolute Gasteiger partial charge is 0.464 e. The molecule has 28 heavy (non-hydrogen) atoms. The summed E-state index contributed by atoms with van der Waals surface area (Å²) in [6.45, 7) is 7.38. The topological polar surface area (TPSA) is 83.4 Å². The molecule has 0 fully saturated rings. The molecule has 6 nitrogen and oxygen atoms in total. The van der Waals surface area contributed by atoms with E-state index in [2.05, 4.69) is 9.97 Å². The molecule has 1 N–H and O–H groups in total. The van der Waals surface area contributed by atoms with Crippen molar-refractivity contribution in [2.45, 2.75) is 46.0 Å². The van der Waals surface area contributed by atoms with Crippen LogP contribution in [0.15, 0.2) is 12.1 Å². The molecule has 2 aromatic rings. The number of amides is 1. The summed E-state index contributed by atoms with van der Waals surface area (Å²) in [6, 6.07) is 3.11. The lowest BCUT2D eigenvalue weighted by atomic mass is 9.86. The molecule has 0 aliphatic rings. The Morgan fingerprint density at radius 3 is 2.39 bits per heavy atom. The van der Waals surface area contributed by atoms with E-state index in [1.807, 2.05) is 20.8 Å². The number of carbonyl (C=O) groups excluding carboxylic acids is 1. The molecule has 0 aliphatic heterocycles. The molecule has 1 heterocycles. The average molecular weight is 445 g/mol.